The van der Waals surface area contributed by atoms with Gasteiger partial charge in [-0.15, -0.1) is 0 Å². The van der Waals surface area contributed by atoms with Crippen molar-refractivity contribution in [3.8, 4) is 11.4 Å². The van der Waals surface area contributed by atoms with Crippen LogP contribution in [0.2, 0.25) is 0 Å². The van der Waals surface area contributed by atoms with Crippen LogP contribution in [-0.2, 0) is 9.53 Å². The van der Waals surface area contributed by atoms with Gasteiger partial charge in [0.25, 0.3) is 5.56 Å². The van der Waals surface area contributed by atoms with Crippen LogP contribution in [0.15, 0.2) is 58.5 Å². The smallest absolute Gasteiger partial charge is 0.266 e. The molecule has 3 aromatic rings. The van der Waals surface area contributed by atoms with Gasteiger partial charge < -0.3 is 14.8 Å². The van der Waals surface area contributed by atoms with E-state index in [1.807, 2.05) is 37.3 Å². The molecule has 1 aromatic heterocycles. The minimum Gasteiger partial charge on any atom is -0.492 e. The van der Waals surface area contributed by atoms with Crippen LogP contribution < -0.4 is 15.6 Å². The largest absolute Gasteiger partial charge is 0.492 e. The van der Waals surface area contributed by atoms with Crippen LogP contribution in [0.5, 0.6) is 5.75 Å². The number of nitrogens with one attached hydrogen (secondary N) is 1. The number of amides is 1. The minimum atomic E-state index is -0.204. The van der Waals surface area contributed by atoms with Crippen LogP contribution in [0.1, 0.15) is 6.92 Å². The van der Waals surface area contributed by atoms with E-state index in [1.54, 1.807) is 25.3 Å². The summed E-state index contributed by atoms with van der Waals surface area (Å²) in [5.74, 6) is 0.561. The van der Waals surface area contributed by atoms with E-state index < -0.39 is 0 Å². The first-order chi connectivity index (χ1) is 14.2. The van der Waals surface area contributed by atoms with Gasteiger partial charge in [-0.25, -0.2) is 4.98 Å². The standard InChI is InChI=1S/C21H23N3O4S/c1-3-28-18-11-7-6-10-17(18)24-20(26)15-8-4-5-9-16(15)23-21(24)29-14-19(25)22-12-13-27-2/h4-11H,3,12-14H2,1-2H3,(H,22,25). The molecule has 0 unspecified atom stereocenters. The molecule has 1 N–H and O–H groups in total. The first-order valence-electron chi connectivity index (χ1n) is 9.28. The quantitative estimate of drug-likeness (QED) is 0.330. The van der Waals surface area contributed by atoms with Gasteiger partial charge in [-0.2, -0.15) is 0 Å². The Bertz CT molecular complexity index is 1050. The van der Waals surface area contributed by atoms with Crippen molar-refractivity contribution in [3.63, 3.8) is 0 Å². The van der Waals surface area contributed by atoms with Gasteiger partial charge in [0.2, 0.25) is 5.91 Å². The lowest BCUT2D eigenvalue weighted by molar-refractivity contribution is -0.118. The summed E-state index contributed by atoms with van der Waals surface area (Å²) >= 11 is 1.21. The highest BCUT2D eigenvalue weighted by Gasteiger charge is 2.17. The highest BCUT2D eigenvalue weighted by atomic mass is 32.2. The molecule has 7 nitrogen and oxygen atoms in total. The maximum atomic E-state index is 13.3. The van der Waals surface area contributed by atoms with E-state index in [0.717, 1.165) is 0 Å². The van der Waals surface area contributed by atoms with Crippen LogP contribution in [0.25, 0.3) is 16.6 Å². The third-order valence-electron chi connectivity index (χ3n) is 4.11. The summed E-state index contributed by atoms with van der Waals surface area (Å²) < 4.78 is 12.2. The van der Waals surface area contributed by atoms with Crippen molar-refractivity contribution in [3.05, 3.63) is 58.9 Å². The summed E-state index contributed by atoms with van der Waals surface area (Å²) in [4.78, 5) is 30.1. The summed E-state index contributed by atoms with van der Waals surface area (Å²) in [6, 6.07) is 14.5. The second-order valence-electron chi connectivity index (χ2n) is 6.08. The number of thioether (sulfide) groups is 1. The Labute approximate surface area is 173 Å². The summed E-state index contributed by atoms with van der Waals surface area (Å²) in [7, 11) is 1.58. The van der Waals surface area contributed by atoms with Crippen LogP contribution in [0, 0.1) is 0 Å². The molecule has 0 atom stereocenters. The number of benzene rings is 2. The summed E-state index contributed by atoms with van der Waals surface area (Å²) in [6.45, 7) is 3.23. The Balaban J connectivity index is 2.03. The monoisotopic (exact) mass is 413 g/mol. The third-order valence-corrected chi connectivity index (χ3v) is 5.05. The molecule has 0 bridgehead atoms. The first kappa shape index (κ1) is 20.9. The molecule has 0 fully saturated rings. The van der Waals surface area contributed by atoms with Crippen LogP contribution >= 0.6 is 11.8 Å². The summed E-state index contributed by atoms with van der Waals surface area (Å²) in [5, 5.41) is 3.71. The number of hydrogen-bond acceptors (Lipinski definition) is 6. The van der Waals surface area contributed by atoms with E-state index in [9.17, 15) is 9.59 Å². The van der Waals surface area contributed by atoms with Crippen molar-refractivity contribution in [2.24, 2.45) is 0 Å². The van der Waals surface area contributed by atoms with Crippen molar-refractivity contribution < 1.29 is 14.3 Å². The Morgan fingerprint density at radius 2 is 1.93 bits per heavy atom. The van der Waals surface area contributed by atoms with Crippen LogP contribution in [0.4, 0.5) is 0 Å². The molecule has 0 aliphatic rings. The number of ether oxygens (including phenoxy) is 2. The van der Waals surface area contributed by atoms with Crippen LogP contribution in [-0.4, -0.2) is 48.1 Å². The molecule has 0 spiro atoms. The van der Waals surface area contributed by atoms with Gasteiger partial charge in [0.1, 0.15) is 5.75 Å². The number of carbonyl (C=O) groups is 1. The Morgan fingerprint density at radius 3 is 2.72 bits per heavy atom. The lowest BCUT2D eigenvalue weighted by atomic mass is 10.2. The van der Waals surface area contributed by atoms with Gasteiger partial charge in [0.05, 0.1) is 35.6 Å². The number of fused-ring (bicyclic) bond motifs is 1. The number of hydrogen-bond donors (Lipinski definition) is 1. The van der Waals surface area contributed by atoms with Gasteiger partial charge in [-0.1, -0.05) is 36.0 Å². The molecule has 0 aliphatic heterocycles. The number of carbonyl (C=O) groups excluding carboxylic acids is 1. The molecule has 29 heavy (non-hydrogen) atoms. The maximum absolute atomic E-state index is 13.3. The topological polar surface area (TPSA) is 82.4 Å². The molecular formula is C21H23N3O4S. The molecule has 152 valence electrons. The molecule has 0 saturated heterocycles. The van der Waals surface area contributed by atoms with E-state index in [1.165, 1.54) is 16.3 Å². The van der Waals surface area contributed by atoms with Gasteiger partial charge in [0.15, 0.2) is 5.16 Å². The highest BCUT2D eigenvalue weighted by molar-refractivity contribution is 7.99. The minimum absolute atomic E-state index is 0.130. The molecule has 1 heterocycles. The molecule has 0 saturated carbocycles. The molecule has 1 amide bonds. The number of para-hydroxylation sites is 3. The summed E-state index contributed by atoms with van der Waals surface area (Å²) in [5.41, 5.74) is 0.981. The normalized spacial score (nSPS) is 10.8. The van der Waals surface area contributed by atoms with E-state index in [2.05, 4.69) is 10.3 Å². The fourth-order valence-electron chi connectivity index (χ4n) is 2.81. The SMILES string of the molecule is CCOc1ccccc1-n1c(SCC(=O)NCCOC)nc2ccccc2c1=O. The average molecular weight is 413 g/mol. The van der Waals surface area contributed by atoms with Gasteiger partial charge in [-0.05, 0) is 31.2 Å². The molecule has 2 aromatic carbocycles. The Morgan fingerprint density at radius 1 is 1.17 bits per heavy atom. The number of nitrogens with zero attached hydrogens (tertiary/aromatic N) is 2. The second kappa shape index (κ2) is 10.1. The molecule has 0 radical (unpaired) electrons. The molecule has 3 rings (SSSR count). The predicted octanol–water partition coefficient (Wildman–Crippen LogP) is 2.64. The molecule has 8 heteroatoms. The van der Waals surface area contributed by atoms with Gasteiger partial charge in [0, 0.05) is 13.7 Å². The van der Waals surface area contributed by atoms with Crippen LogP contribution in [0.3, 0.4) is 0 Å². The number of rotatable bonds is 9. The van der Waals surface area contributed by atoms with Crippen molar-refractivity contribution in [2.45, 2.75) is 12.1 Å². The Hall–Kier alpha value is -2.84. The predicted molar refractivity (Wildman–Crippen MR) is 114 cm³/mol. The van der Waals surface area contributed by atoms with Crippen molar-refractivity contribution in [1.82, 2.24) is 14.9 Å². The van der Waals surface area contributed by atoms with E-state index in [4.69, 9.17) is 9.47 Å². The lowest BCUT2D eigenvalue weighted by Gasteiger charge is -2.16. The maximum Gasteiger partial charge on any atom is 0.266 e. The number of methoxy groups -OCH3 is 1. The zero-order valence-corrected chi connectivity index (χ0v) is 17.2. The van der Waals surface area contributed by atoms with E-state index >= 15 is 0 Å². The zero-order chi connectivity index (χ0) is 20.6. The van der Waals surface area contributed by atoms with E-state index in [0.29, 0.717) is 47.3 Å². The van der Waals surface area contributed by atoms with Gasteiger partial charge >= 0.3 is 0 Å². The highest BCUT2D eigenvalue weighted by Crippen LogP contribution is 2.27. The molecule has 0 aliphatic carbocycles. The molecular weight excluding hydrogens is 390 g/mol. The second-order valence-corrected chi connectivity index (χ2v) is 7.03. The van der Waals surface area contributed by atoms with Gasteiger partial charge in [-0.3, -0.25) is 14.2 Å². The van der Waals surface area contributed by atoms with Crippen molar-refractivity contribution in [2.75, 3.05) is 32.6 Å². The first-order valence-corrected chi connectivity index (χ1v) is 10.3. The number of aromatic nitrogens is 2. The summed E-state index contributed by atoms with van der Waals surface area (Å²) in [6.07, 6.45) is 0. The zero-order valence-electron chi connectivity index (χ0n) is 16.4. The third kappa shape index (κ3) is 4.96. The fraction of sp³-hybridized carbons (Fsp3) is 0.286. The van der Waals surface area contributed by atoms with Crippen molar-refractivity contribution >= 4 is 28.6 Å². The average Bonchev–Trinajstić information content (AvgIpc) is 2.73. The van der Waals surface area contributed by atoms with Crippen molar-refractivity contribution in [1.29, 1.82) is 0 Å². The fourth-order valence-corrected chi connectivity index (χ4v) is 3.65. The lowest BCUT2D eigenvalue weighted by Crippen LogP contribution is -2.29. The Kier molecular flexibility index (Phi) is 7.26. The van der Waals surface area contributed by atoms with E-state index in [-0.39, 0.29) is 17.2 Å².